The van der Waals surface area contributed by atoms with Crippen molar-refractivity contribution in [1.29, 1.82) is 0 Å². The standard InChI is InChI=1S/C20H12Cl2N2O2S/c21-13-3-1-12(2-4-13)17-9-6-15(26-17)7-10-19(25)24-20-23-16-8-5-14(22)11-18(16)27-20/h1-11H,(H,23,24,25). The Balaban J connectivity index is 1.44. The van der Waals surface area contributed by atoms with Crippen molar-refractivity contribution in [3.63, 3.8) is 0 Å². The van der Waals surface area contributed by atoms with Gasteiger partial charge in [-0.3, -0.25) is 10.1 Å². The van der Waals surface area contributed by atoms with E-state index in [-0.39, 0.29) is 5.91 Å². The maximum atomic E-state index is 12.1. The van der Waals surface area contributed by atoms with Crippen LogP contribution in [-0.4, -0.2) is 10.9 Å². The minimum atomic E-state index is -0.287. The van der Waals surface area contributed by atoms with Gasteiger partial charge in [-0.25, -0.2) is 4.98 Å². The Morgan fingerprint density at radius 3 is 2.63 bits per heavy atom. The van der Waals surface area contributed by atoms with Gasteiger partial charge in [-0.2, -0.15) is 0 Å². The average Bonchev–Trinajstić information content (AvgIpc) is 3.26. The van der Waals surface area contributed by atoms with E-state index in [1.807, 2.05) is 30.3 Å². The van der Waals surface area contributed by atoms with Crippen LogP contribution in [-0.2, 0) is 4.79 Å². The molecule has 2 aromatic heterocycles. The van der Waals surface area contributed by atoms with Crippen molar-refractivity contribution < 1.29 is 9.21 Å². The number of fused-ring (bicyclic) bond motifs is 1. The van der Waals surface area contributed by atoms with E-state index in [1.54, 1.807) is 30.3 Å². The molecule has 7 heteroatoms. The monoisotopic (exact) mass is 414 g/mol. The minimum absolute atomic E-state index is 0.287. The number of nitrogens with one attached hydrogen (secondary N) is 1. The number of nitrogens with zero attached hydrogens (tertiary/aromatic N) is 1. The number of benzene rings is 2. The number of hydrogen-bond acceptors (Lipinski definition) is 4. The molecule has 4 rings (SSSR count). The SMILES string of the molecule is O=C(C=Cc1ccc(-c2ccc(Cl)cc2)o1)Nc1nc2ccc(Cl)cc2s1. The summed E-state index contributed by atoms with van der Waals surface area (Å²) in [7, 11) is 0. The van der Waals surface area contributed by atoms with Crippen molar-refractivity contribution in [2.45, 2.75) is 0 Å². The van der Waals surface area contributed by atoms with Crippen molar-refractivity contribution in [3.05, 3.63) is 76.5 Å². The largest absolute Gasteiger partial charge is 0.457 e. The third-order valence-corrected chi connectivity index (χ3v) is 5.16. The molecule has 0 spiro atoms. The minimum Gasteiger partial charge on any atom is -0.457 e. The molecular formula is C20H12Cl2N2O2S. The lowest BCUT2D eigenvalue weighted by atomic mass is 10.2. The molecule has 0 unspecified atom stereocenters. The van der Waals surface area contributed by atoms with Gasteiger partial charge in [0.25, 0.3) is 0 Å². The summed E-state index contributed by atoms with van der Waals surface area (Å²) in [5.41, 5.74) is 1.71. The summed E-state index contributed by atoms with van der Waals surface area (Å²) in [6.07, 6.45) is 3.02. The zero-order valence-electron chi connectivity index (χ0n) is 13.8. The molecule has 1 N–H and O–H groups in total. The quantitative estimate of drug-likeness (QED) is 0.387. The number of amides is 1. The summed E-state index contributed by atoms with van der Waals surface area (Å²) in [5.74, 6) is 0.991. The number of furan rings is 1. The number of carbonyl (C=O) groups excluding carboxylic acids is 1. The van der Waals surface area contributed by atoms with E-state index in [0.717, 1.165) is 15.8 Å². The fraction of sp³-hybridized carbons (Fsp3) is 0. The lowest BCUT2D eigenvalue weighted by molar-refractivity contribution is -0.111. The van der Waals surface area contributed by atoms with Crippen LogP contribution < -0.4 is 5.32 Å². The third-order valence-electron chi connectivity index (χ3n) is 3.74. The van der Waals surface area contributed by atoms with Crippen molar-refractivity contribution in [2.75, 3.05) is 5.32 Å². The van der Waals surface area contributed by atoms with Gasteiger partial charge in [0.1, 0.15) is 11.5 Å². The number of rotatable bonds is 4. The molecular weight excluding hydrogens is 403 g/mol. The highest BCUT2D eigenvalue weighted by molar-refractivity contribution is 7.22. The number of anilines is 1. The first-order valence-electron chi connectivity index (χ1n) is 7.98. The highest BCUT2D eigenvalue weighted by atomic mass is 35.5. The van der Waals surface area contributed by atoms with Crippen LogP contribution in [0.3, 0.4) is 0 Å². The third kappa shape index (κ3) is 4.22. The Labute approximate surface area is 169 Å². The van der Waals surface area contributed by atoms with E-state index in [2.05, 4.69) is 10.3 Å². The van der Waals surface area contributed by atoms with Crippen LogP contribution in [0.15, 0.2) is 65.1 Å². The maximum Gasteiger partial charge on any atom is 0.250 e. The van der Waals surface area contributed by atoms with Gasteiger partial charge >= 0.3 is 0 Å². The topological polar surface area (TPSA) is 55.1 Å². The summed E-state index contributed by atoms with van der Waals surface area (Å²) in [4.78, 5) is 16.5. The number of hydrogen-bond donors (Lipinski definition) is 1. The molecule has 0 saturated heterocycles. The number of thiazole rings is 1. The second-order valence-electron chi connectivity index (χ2n) is 5.66. The summed E-state index contributed by atoms with van der Waals surface area (Å²) in [6.45, 7) is 0. The molecule has 4 aromatic rings. The van der Waals surface area contributed by atoms with E-state index in [1.165, 1.54) is 17.4 Å². The Hall–Kier alpha value is -2.60. The molecule has 0 bridgehead atoms. The van der Waals surface area contributed by atoms with Gasteiger partial charge in [0.05, 0.1) is 10.2 Å². The molecule has 27 heavy (non-hydrogen) atoms. The van der Waals surface area contributed by atoms with E-state index >= 15 is 0 Å². The van der Waals surface area contributed by atoms with Gasteiger partial charge in [-0.1, -0.05) is 34.5 Å². The Bertz CT molecular complexity index is 1150. The fourth-order valence-electron chi connectivity index (χ4n) is 2.47. The molecule has 0 aliphatic carbocycles. The van der Waals surface area contributed by atoms with Crippen LogP contribution in [0, 0.1) is 0 Å². The zero-order valence-corrected chi connectivity index (χ0v) is 16.1. The Morgan fingerprint density at radius 2 is 1.81 bits per heavy atom. The highest BCUT2D eigenvalue weighted by Gasteiger charge is 2.07. The summed E-state index contributed by atoms with van der Waals surface area (Å²) in [6, 6.07) is 16.4. The molecule has 0 fully saturated rings. The highest BCUT2D eigenvalue weighted by Crippen LogP contribution is 2.28. The first-order chi connectivity index (χ1) is 13.1. The maximum absolute atomic E-state index is 12.1. The van der Waals surface area contributed by atoms with Gasteiger partial charge in [0.2, 0.25) is 5.91 Å². The van der Waals surface area contributed by atoms with Crippen LogP contribution in [0.25, 0.3) is 27.6 Å². The number of aromatic nitrogens is 1. The molecule has 0 saturated carbocycles. The molecule has 4 nitrogen and oxygen atoms in total. The summed E-state index contributed by atoms with van der Waals surface area (Å²) >= 11 is 13.2. The molecule has 0 radical (unpaired) electrons. The smallest absolute Gasteiger partial charge is 0.250 e. The van der Waals surface area contributed by atoms with Crippen molar-refractivity contribution in [1.82, 2.24) is 4.98 Å². The van der Waals surface area contributed by atoms with Gasteiger partial charge in [0.15, 0.2) is 5.13 Å². The van der Waals surface area contributed by atoms with E-state index in [9.17, 15) is 4.79 Å². The van der Waals surface area contributed by atoms with Crippen LogP contribution in [0.2, 0.25) is 10.0 Å². The second-order valence-corrected chi connectivity index (χ2v) is 7.57. The first-order valence-corrected chi connectivity index (χ1v) is 9.55. The van der Waals surface area contributed by atoms with Crippen molar-refractivity contribution >= 4 is 61.9 Å². The lowest BCUT2D eigenvalue weighted by Crippen LogP contribution is -2.07. The Morgan fingerprint density at radius 1 is 1.04 bits per heavy atom. The molecule has 1 amide bonds. The van der Waals surface area contributed by atoms with Gasteiger partial charge in [0, 0.05) is 21.7 Å². The van der Waals surface area contributed by atoms with Gasteiger partial charge in [-0.05, 0) is 60.7 Å². The van der Waals surface area contributed by atoms with Crippen molar-refractivity contribution in [3.8, 4) is 11.3 Å². The van der Waals surface area contributed by atoms with Crippen LogP contribution in [0.5, 0.6) is 0 Å². The zero-order chi connectivity index (χ0) is 18.8. The first kappa shape index (κ1) is 17.8. The van der Waals surface area contributed by atoms with Gasteiger partial charge < -0.3 is 4.42 Å². The second kappa shape index (κ2) is 7.56. The van der Waals surface area contributed by atoms with Crippen molar-refractivity contribution in [2.24, 2.45) is 0 Å². The molecule has 0 aliphatic rings. The van der Waals surface area contributed by atoms with E-state index in [4.69, 9.17) is 27.6 Å². The number of halogens is 2. The molecule has 134 valence electrons. The molecule has 2 heterocycles. The predicted octanol–water partition coefficient (Wildman–Crippen LogP) is 6.52. The summed E-state index contributed by atoms with van der Waals surface area (Å²) in [5, 5.41) is 4.57. The fourth-order valence-corrected chi connectivity index (χ4v) is 3.74. The van der Waals surface area contributed by atoms with E-state index < -0.39 is 0 Å². The normalized spacial score (nSPS) is 11.3. The van der Waals surface area contributed by atoms with Crippen LogP contribution in [0.1, 0.15) is 5.76 Å². The van der Waals surface area contributed by atoms with Crippen LogP contribution in [0.4, 0.5) is 5.13 Å². The average molecular weight is 415 g/mol. The summed E-state index contributed by atoms with van der Waals surface area (Å²) < 4.78 is 6.65. The molecule has 0 aliphatic heterocycles. The van der Waals surface area contributed by atoms with Gasteiger partial charge in [-0.15, -0.1) is 0 Å². The molecule has 2 aromatic carbocycles. The number of carbonyl (C=O) groups is 1. The lowest BCUT2D eigenvalue weighted by Gasteiger charge is -1.96. The predicted molar refractivity (Wildman–Crippen MR) is 111 cm³/mol. The van der Waals surface area contributed by atoms with E-state index in [0.29, 0.717) is 26.7 Å². The van der Waals surface area contributed by atoms with Crippen LogP contribution >= 0.6 is 34.5 Å². The molecule has 0 atom stereocenters. The Kier molecular flexibility index (Phi) is 4.99.